The molecule has 1 heterocycles. The number of nitrogens with one attached hydrogen (secondary N) is 1. The van der Waals surface area contributed by atoms with Gasteiger partial charge in [0.05, 0.1) is 12.1 Å². The Bertz CT molecular complexity index is 783. The second-order valence-corrected chi connectivity index (χ2v) is 6.39. The Kier molecular flexibility index (Phi) is 3.83. The van der Waals surface area contributed by atoms with Gasteiger partial charge in [0.2, 0.25) is 0 Å². The predicted octanol–water partition coefficient (Wildman–Crippen LogP) is 3.01. The first-order chi connectivity index (χ1) is 11.5. The monoisotopic (exact) mass is 334 g/mol. The summed E-state index contributed by atoms with van der Waals surface area (Å²) in [4.78, 5) is 0. The Labute approximate surface area is 137 Å². The summed E-state index contributed by atoms with van der Waals surface area (Å²) in [6.07, 6.45) is 0.0735. The third-order valence-electron chi connectivity index (χ3n) is 4.86. The van der Waals surface area contributed by atoms with Crippen LogP contribution in [0.5, 0.6) is 0 Å². The van der Waals surface area contributed by atoms with Crippen LogP contribution in [0.2, 0.25) is 0 Å². The van der Waals surface area contributed by atoms with Crippen molar-refractivity contribution in [3.8, 4) is 0 Å². The summed E-state index contributed by atoms with van der Waals surface area (Å²) in [7, 11) is 0. The highest BCUT2D eigenvalue weighted by molar-refractivity contribution is 5.38. The van der Waals surface area contributed by atoms with Gasteiger partial charge >= 0.3 is 0 Å². The molecule has 0 bridgehead atoms. The summed E-state index contributed by atoms with van der Waals surface area (Å²) in [5.74, 6) is -1.57. The van der Waals surface area contributed by atoms with E-state index in [0.29, 0.717) is 17.7 Å². The van der Waals surface area contributed by atoms with Gasteiger partial charge in [-0.25, -0.2) is 23.6 Å². The molecule has 2 N–H and O–H groups in total. The normalized spacial score (nSPS) is 26.8. The molecule has 3 atom stereocenters. The maximum absolute atomic E-state index is 13.9. The van der Waals surface area contributed by atoms with Crippen molar-refractivity contribution in [1.29, 1.82) is 0 Å². The van der Waals surface area contributed by atoms with E-state index in [4.69, 9.17) is 0 Å². The first-order valence-electron chi connectivity index (χ1n) is 7.97. The third kappa shape index (κ3) is 2.60. The molecule has 1 unspecified atom stereocenters. The summed E-state index contributed by atoms with van der Waals surface area (Å²) in [5, 5.41) is 12.2. The highest BCUT2D eigenvalue weighted by atomic mass is 19.1. The van der Waals surface area contributed by atoms with Crippen molar-refractivity contribution in [1.82, 2.24) is 10.4 Å². The molecule has 1 saturated heterocycles. The predicted molar refractivity (Wildman–Crippen MR) is 82.4 cm³/mol. The second kappa shape index (κ2) is 5.88. The van der Waals surface area contributed by atoms with Crippen LogP contribution in [0.3, 0.4) is 0 Å². The Morgan fingerprint density at radius 2 is 1.92 bits per heavy atom. The molecule has 126 valence electrons. The fourth-order valence-corrected chi connectivity index (χ4v) is 3.79. The van der Waals surface area contributed by atoms with E-state index >= 15 is 0 Å². The van der Waals surface area contributed by atoms with E-state index in [-0.39, 0.29) is 18.3 Å². The maximum atomic E-state index is 13.9. The molecule has 1 aliphatic carbocycles. The summed E-state index contributed by atoms with van der Waals surface area (Å²) < 4.78 is 40.9. The topological polar surface area (TPSA) is 35.5 Å². The second-order valence-electron chi connectivity index (χ2n) is 6.39. The summed E-state index contributed by atoms with van der Waals surface area (Å²) in [6.45, 7) is 0.598. The molecule has 6 heteroatoms. The standard InChI is InChI=1S/C18H17F3N2O/c19-11-3-1-2-10(6-11)16-4-5-23(22-16)18-14-7-12(20)8-15(21)13(14)9-17(18)24/h1-3,6-8,16-18,22,24H,4-5,9H2/t16?,17-,18-/m1/s1. The van der Waals surface area contributed by atoms with Crippen LogP contribution in [0.1, 0.15) is 35.2 Å². The molecule has 4 rings (SSSR count). The molecule has 0 saturated carbocycles. The molecule has 1 aliphatic heterocycles. The Balaban J connectivity index is 1.60. The lowest BCUT2D eigenvalue weighted by molar-refractivity contribution is 0.0449. The average Bonchev–Trinajstić information content (AvgIpc) is 3.11. The van der Waals surface area contributed by atoms with Crippen LogP contribution < -0.4 is 5.43 Å². The van der Waals surface area contributed by atoms with Crippen LogP contribution in [0.15, 0.2) is 36.4 Å². The van der Waals surface area contributed by atoms with Gasteiger partial charge in [0, 0.05) is 25.1 Å². The number of hydrogen-bond acceptors (Lipinski definition) is 3. The van der Waals surface area contributed by atoms with Gasteiger partial charge in [-0.15, -0.1) is 0 Å². The van der Waals surface area contributed by atoms with E-state index in [9.17, 15) is 18.3 Å². The zero-order chi connectivity index (χ0) is 16.8. The first-order valence-corrected chi connectivity index (χ1v) is 7.97. The van der Waals surface area contributed by atoms with E-state index in [1.165, 1.54) is 18.2 Å². The van der Waals surface area contributed by atoms with Crippen LogP contribution >= 0.6 is 0 Å². The van der Waals surface area contributed by atoms with E-state index < -0.39 is 23.8 Å². The van der Waals surface area contributed by atoms with Gasteiger partial charge in [0.15, 0.2) is 0 Å². The van der Waals surface area contributed by atoms with Gasteiger partial charge in [-0.1, -0.05) is 12.1 Å². The highest BCUT2D eigenvalue weighted by Gasteiger charge is 2.40. The Hall–Kier alpha value is -1.89. The fourth-order valence-electron chi connectivity index (χ4n) is 3.79. The van der Waals surface area contributed by atoms with Crippen LogP contribution in [0, 0.1) is 17.5 Å². The summed E-state index contributed by atoms with van der Waals surface area (Å²) >= 11 is 0. The molecule has 2 aliphatic rings. The van der Waals surface area contributed by atoms with E-state index in [2.05, 4.69) is 5.43 Å². The van der Waals surface area contributed by atoms with Gasteiger partial charge in [-0.2, -0.15) is 0 Å². The van der Waals surface area contributed by atoms with Crippen molar-refractivity contribution in [3.05, 3.63) is 70.5 Å². The number of aliphatic hydroxyl groups excluding tert-OH is 1. The number of hydrogen-bond donors (Lipinski definition) is 2. The van der Waals surface area contributed by atoms with Crippen molar-refractivity contribution < 1.29 is 18.3 Å². The molecule has 0 aromatic heterocycles. The van der Waals surface area contributed by atoms with E-state index in [1.807, 2.05) is 11.1 Å². The first kappa shape index (κ1) is 15.6. The lowest BCUT2D eigenvalue weighted by Gasteiger charge is -2.28. The molecule has 1 fully saturated rings. The average molecular weight is 334 g/mol. The van der Waals surface area contributed by atoms with Crippen molar-refractivity contribution in [2.24, 2.45) is 0 Å². The zero-order valence-electron chi connectivity index (χ0n) is 12.8. The molecule has 2 aromatic rings. The molecular formula is C18H17F3N2O. The zero-order valence-corrected chi connectivity index (χ0v) is 12.8. The van der Waals surface area contributed by atoms with Crippen molar-refractivity contribution >= 4 is 0 Å². The van der Waals surface area contributed by atoms with Crippen molar-refractivity contribution in [2.45, 2.75) is 31.0 Å². The minimum atomic E-state index is -0.810. The molecule has 0 spiro atoms. The Morgan fingerprint density at radius 3 is 2.71 bits per heavy atom. The number of rotatable bonds is 2. The lowest BCUT2D eigenvalue weighted by atomic mass is 10.1. The number of aliphatic hydroxyl groups is 1. The van der Waals surface area contributed by atoms with E-state index in [0.717, 1.165) is 18.1 Å². The highest BCUT2D eigenvalue weighted by Crippen LogP contribution is 2.40. The number of halogens is 3. The summed E-state index contributed by atoms with van der Waals surface area (Å²) in [6, 6.07) is 7.89. The Morgan fingerprint density at radius 1 is 1.08 bits per heavy atom. The molecule has 3 nitrogen and oxygen atoms in total. The van der Waals surface area contributed by atoms with Gasteiger partial charge in [0.1, 0.15) is 17.5 Å². The largest absolute Gasteiger partial charge is 0.391 e. The minimum Gasteiger partial charge on any atom is -0.391 e. The van der Waals surface area contributed by atoms with Crippen LogP contribution in [0.4, 0.5) is 13.2 Å². The van der Waals surface area contributed by atoms with Gasteiger partial charge in [-0.05, 0) is 41.3 Å². The van der Waals surface area contributed by atoms with Crippen LogP contribution in [-0.4, -0.2) is 22.8 Å². The number of nitrogens with zero attached hydrogens (tertiary/aromatic N) is 1. The number of hydrazine groups is 1. The SMILES string of the molecule is O[C@@H]1Cc2c(F)cc(F)cc2[C@H]1N1CCC(c2cccc(F)c2)N1. The van der Waals surface area contributed by atoms with Crippen LogP contribution in [-0.2, 0) is 6.42 Å². The number of benzene rings is 2. The minimum absolute atomic E-state index is 0.0876. The molecule has 0 radical (unpaired) electrons. The van der Waals surface area contributed by atoms with Crippen LogP contribution in [0.25, 0.3) is 0 Å². The smallest absolute Gasteiger partial charge is 0.129 e. The van der Waals surface area contributed by atoms with Crippen molar-refractivity contribution in [3.63, 3.8) is 0 Å². The molecule has 24 heavy (non-hydrogen) atoms. The number of fused-ring (bicyclic) bond motifs is 1. The quantitative estimate of drug-likeness (QED) is 0.886. The van der Waals surface area contributed by atoms with Gasteiger partial charge in [-0.3, -0.25) is 0 Å². The maximum Gasteiger partial charge on any atom is 0.129 e. The lowest BCUT2D eigenvalue weighted by Crippen LogP contribution is -2.39. The molecule has 0 amide bonds. The van der Waals surface area contributed by atoms with Crippen molar-refractivity contribution in [2.75, 3.05) is 6.54 Å². The van der Waals surface area contributed by atoms with E-state index in [1.54, 1.807) is 6.07 Å². The summed E-state index contributed by atoms with van der Waals surface area (Å²) in [5.41, 5.74) is 4.91. The third-order valence-corrected chi connectivity index (χ3v) is 4.86. The van der Waals surface area contributed by atoms with Gasteiger partial charge in [0.25, 0.3) is 0 Å². The van der Waals surface area contributed by atoms with Gasteiger partial charge < -0.3 is 5.11 Å². The molecular weight excluding hydrogens is 317 g/mol. The molecule has 2 aromatic carbocycles. The fraction of sp³-hybridized carbons (Fsp3) is 0.333.